The third kappa shape index (κ3) is 3.27. The molecule has 1 aliphatic rings. The number of hydrogen-bond acceptors (Lipinski definition) is 2. The molecular weight excluding hydrogens is 362 g/mol. The number of aryl methyl sites for hydroxylation is 2. The maximum atomic E-state index is 11.2. The number of aliphatic carboxylic acids is 1. The maximum absolute atomic E-state index is 11.2. The summed E-state index contributed by atoms with van der Waals surface area (Å²) < 4.78 is 6.21. The number of benzene rings is 2. The standard InChI is InChI=1S/C24H26N3O2/c1-24(2)21(12-10-18-15-25(3)16-26(18)4)27(14-13-22(28)29)20-11-9-17-7-5-6-8-19(17)23(20)24/h5-12,15-16H,13-14H2,1-4H3/q+1. The van der Waals surface area contributed by atoms with Crippen molar-refractivity contribution >= 4 is 34.2 Å². The molecule has 0 amide bonds. The highest BCUT2D eigenvalue weighted by Crippen LogP contribution is 2.44. The monoisotopic (exact) mass is 388 g/mol. The van der Waals surface area contributed by atoms with Crippen LogP contribution < -0.4 is 9.67 Å². The Morgan fingerprint density at radius 1 is 1.17 bits per heavy atom. The third-order valence-corrected chi connectivity index (χ3v) is 5.80. The minimum Gasteiger partial charge on any atom is -0.550 e. The topological polar surface area (TPSA) is 52.0 Å². The molecule has 4 rings (SSSR count). The average Bonchev–Trinajstić information content (AvgIpc) is 3.10. The van der Waals surface area contributed by atoms with E-state index in [4.69, 9.17) is 0 Å². The van der Waals surface area contributed by atoms with Crippen molar-refractivity contribution in [1.29, 1.82) is 0 Å². The smallest absolute Gasteiger partial charge is 0.243 e. The van der Waals surface area contributed by atoms with Crippen LogP contribution in [0.15, 0.2) is 55.0 Å². The zero-order valence-electron chi connectivity index (χ0n) is 17.3. The predicted molar refractivity (Wildman–Crippen MR) is 112 cm³/mol. The summed E-state index contributed by atoms with van der Waals surface area (Å²) in [5.41, 5.74) is 4.23. The quantitative estimate of drug-likeness (QED) is 0.630. The van der Waals surface area contributed by atoms with Crippen molar-refractivity contribution in [2.75, 3.05) is 6.54 Å². The Morgan fingerprint density at radius 3 is 2.62 bits per heavy atom. The molecule has 148 valence electrons. The van der Waals surface area contributed by atoms with Gasteiger partial charge in [0.15, 0.2) is 18.0 Å². The molecule has 0 aliphatic carbocycles. The summed E-state index contributed by atoms with van der Waals surface area (Å²) in [6, 6.07) is 12.6. The van der Waals surface area contributed by atoms with Crippen LogP contribution in [-0.2, 0) is 24.3 Å². The molecule has 2 heterocycles. The van der Waals surface area contributed by atoms with Crippen LogP contribution in [-0.4, -0.2) is 27.4 Å². The molecule has 0 bridgehead atoms. The van der Waals surface area contributed by atoms with Gasteiger partial charge in [0.25, 0.3) is 0 Å². The maximum Gasteiger partial charge on any atom is 0.243 e. The molecule has 0 radical (unpaired) electrons. The van der Waals surface area contributed by atoms with E-state index in [0.29, 0.717) is 6.54 Å². The third-order valence-electron chi connectivity index (χ3n) is 5.80. The Bertz CT molecular complexity index is 1180. The molecule has 0 unspecified atom stereocenters. The summed E-state index contributed by atoms with van der Waals surface area (Å²) in [6.45, 7) is 4.81. The van der Waals surface area contributed by atoms with Crippen molar-refractivity contribution in [1.82, 2.24) is 4.57 Å². The van der Waals surface area contributed by atoms with Crippen molar-refractivity contribution in [2.24, 2.45) is 14.1 Å². The lowest BCUT2D eigenvalue weighted by Gasteiger charge is -2.17. The first-order valence-electron chi connectivity index (χ1n) is 9.86. The number of carboxylic acid groups (broad SMARTS) is 1. The zero-order chi connectivity index (χ0) is 20.8. The normalized spacial score (nSPS) is 15.4. The van der Waals surface area contributed by atoms with Crippen LogP contribution in [0.5, 0.6) is 0 Å². The predicted octanol–water partition coefficient (Wildman–Crippen LogP) is 2.23. The molecule has 0 atom stereocenters. The number of hydrogen-bond donors (Lipinski definition) is 0. The lowest BCUT2D eigenvalue weighted by molar-refractivity contribution is -0.671. The Kier molecular flexibility index (Phi) is 4.61. The van der Waals surface area contributed by atoms with Gasteiger partial charge in [-0.3, -0.25) is 0 Å². The summed E-state index contributed by atoms with van der Waals surface area (Å²) in [5, 5.41) is 13.6. The minimum absolute atomic E-state index is 0.0151. The largest absolute Gasteiger partial charge is 0.550 e. The van der Waals surface area contributed by atoms with E-state index >= 15 is 0 Å². The number of imidazole rings is 1. The summed E-state index contributed by atoms with van der Waals surface area (Å²) in [6.07, 6.45) is 8.28. The molecule has 5 heteroatoms. The fraction of sp³-hybridized carbons (Fsp3) is 0.292. The van der Waals surface area contributed by atoms with Crippen LogP contribution >= 0.6 is 0 Å². The molecule has 0 fully saturated rings. The van der Waals surface area contributed by atoms with E-state index in [1.165, 1.54) is 16.3 Å². The number of fused-ring (bicyclic) bond motifs is 3. The van der Waals surface area contributed by atoms with E-state index in [9.17, 15) is 9.90 Å². The summed E-state index contributed by atoms with van der Waals surface area (Å²) >= 11 is 0. The Hall–Kier alpha value is -3.21. The number of rotatable bonds is 5. The van der Waals surface area contributed by atoms with Gasteiger partial charge in [-0.15, -0.1) is 0 Å². The number of allylic oxidation sites excluding steroid dienone is 1. The van der Waals surface area contributed by atoms with Gasteiger partial charge in [-0.25, -0.2) is 9.13 Å². The van der Waals surface area contributed by atoms with Gasteiger partial charge in [-0.2, -0.15) is 4.58 Å². The summed E-state index contributed by atoms with van der Waals surface area (Å²) in [5.74, 6) is -1.03. The number of carbonyl (C=O) groups is 1. The summed E-state index contributed by atoms with van der Waals surface area (Å²) in [4.78, 5) is 11.2. The van der Waals surface area contributed by atoms with E-state index in [2.05, 4.69) is 71.7 Å². The van der Waals surface area contributed by atoms with Gasteiger partial charge in [0, 0.05) is 30.1 Å². The molecule has 0 N–H and O–H groups in total. The number of carboxylic acids is 1. The van der Waals surface area contributed by atoms with Crippen molar-refractivity contribution in [3.63, 3.8) is 0 Å². The van der Waals surface area contributed by atoms with Crippen molar-refractivity contribution in [3.05, 3.63) is 66.3 Å². The molecule has 1 aliphatic heterocycles. The van der Waals surface area contributed by atoms with Crippen LogP contribution in [0.4, 0.5) is 5.69 Å². The van der Waals surface area contributed by atoms with Crippen molar-refractivity contribution < 1.29 is 19.0 Å². The van der Waals surface area contributed by atoms with Crippen LogP contribution in [0.3, 0.4) is 0 Å². The first-order valence-corrected chi connectivity index (χ1v) is 9.86. The van der Waals surface area contributed by atoms with E-state index in [1.807, 2.05) is 31.1 Å². The van der Waals surface area contributed by atoms with Gasteiger partial charge in [0.1, 0.15) is 6.20 Å². The van der Waals surface area contributed by atoms with E-state index < -0.39 is 5.97 Å². The molecule has 0 saturated carbocycles. The number of nitrogens with zero attached hydrogens (tertiary/aromatic N) is 3. The van der Waals surface area contributed by atoms with Crippen LogP contribution in [0.2, 0.25) is 0 Å². The first kappa shape index (κ1) is 19.1. The second kappa shape index (κ2) is 6.99. The molecular formula is C24H26N3O2+. The number of aromatic nitrogens is 2. The second-order valence-corrected chi connectivity index (χ2v) is 8.24. The summed E-state index contributed by atoms with van der Waals surface area (Å²) in [7, 11) is 4.01. The molecule has 2 aromatic carbocycles. The van der Waals surface area contributed by atoms with Gasteiger partial charge in [0.2, 0.25) is 12.0 Å². The molecule has 1 aromatic heterocycles. The highest BCUT2D eigenvalue weighted by Gasteiger charge is 2.45. The van der Waals surface area contributed by atoms with E-state index in [0.717, 1.165) is 17.1 Å². The Labute approximate surface area is 170 Å². The van der Waals surface area contributed by atoms with Crippen LogP contribution in [0.25, 0.3) is 16.8 Å². The lowest BCUT2D eigenvalue weighted by Crippen LogP contribution is -2.30. The van der Waals surface area contributed by atoms with E-state index in [1.54, 1.807) is 0 Å². The molecule has 29 heavy (non-hydrogen) atoms. The fourth-order valence-corrected chi connectivity index (χ4v) is 4.48. The Morgan fingerprint density at radius 2 is 1.93 bits per heavy atom. The zero-order valence-corrected chi connectivity index (χ0v) is 17.3. The average molecular weight is 388 g/mol. The van der Waals surface area contributed by atoms with Gasteiger partial charge >= 0.3 is 0 Å². The van der Waals surface area contributed by atoms with Gasteiger partial charge < -0.3 is 9.90 Å². The lowest BCUT2D eigenvalue weighted by atomic mass is 9.79. The van der Waals surface area contributed by atoms with Crippen LogP contribution in [0.1, 0.15) is 31.5 Å². The Balaban J connectivity index is 1.89. The highest BCUT2D eigenvalue weighted by molar-refractivity contribution is 6.09. The first-order chi connectivity index (χ1) is 13.8. The molecule has 0 saturated heterocycles. The van der Waals surface area contributed by atoms with Gasteiger partial charge in [0.05, 0.1) is 19.5 Å². The SMILES string of the molecule is Cn1c[n+](C)cc1/C=C/C1=[N+](CCC(=O)[O-])c2ccc3ccccc3c2C1(C)C. The van der Waals surface area contributed by atoms with Crippen molar-refractivity contribution in [3.8, 4) is 0 Å². The van der Waals surface area contributed by atoms with Gasteiger partial charge in [-0.1, -0.05) is 24.3 Å². The fourth-order valence-electron chi connectivity index (χ4n) is 4.48. The van der Waals surface area contributed by atoms with Gasteiger partial charge in [-0.05, 0) is 36.8 Å². The molecule has 3 aromatic rings. The van der Waals surface area contributed by atoms with Crippen molar-refractivity contribution in [2.45, 2.75) is 25.7 Å². The van der Waals surface area contributed by atoms with E-state index in [-0.39, 0.29) is 11.8 Å². The molecule has 5 nitrogen and oxygen atoms in total. The van der Waals surface area contributed by atoms with Crippen LogP contribution in [0, 0.1) is 0 Å². The molecule has 0 spiro atoms. The highest BCUT2D eigenvalue weighted by atomic mass is 16.4. The number of carbonyl (C=O) groups excluding carboxylic acids is 1. The minimum atomic E-state index is -1.03. The second-order valence-electron chi connectivity index (χ2n) is 8.24.